The highest BCUT2D eigenvalue weighted by atomic mass is 16.4. The molecule has 0 aromatic heterocycles. The maximum absolute atomic E-state index is 13.1. The van der Waals surface area contributed by atoms with Crippen LogP contribution in [0.1, 0.15) is 52.4 Å². The minimum Gasteiger partial charge on any atom is -0.479 e. The van der Waals surface area contributed by atoms with Crippen LogP contribution >= 0.6 is 0 Å². The lowest BCUT2D eigenvalue weighted by atomic mass is 9.93. The van der Waals surface area contributed by atoms with Gasteiger partial charge in [-0.05, 0) is 41.7 Å². The monoisotopic (exact) mass is 363 g/mol. The number of carboxylic acids is 1. The Balaban J connectivity index is 1.91. The van der Waals surface area contributed by atoms with E-state index in [2.05, 4.69) is 18.3 Å². The Labute approximate surface area is 159 Å². The third-order valence-electron chi connectivity index (χ3n) is 5.17. The van der Waals surface area contributed by atoms with Crippen LogP contribution in [0.5, 0.6) is 0 Å². The Bertz CT molecular complexity index is 873. The molecule has 0 radical (unpaired) electrons. The molecule has 4 heteroatoms. The molecule has 1 aliphatic rings. The first-order chi connectivity index (χ1) is 13.0. The van der Waals surface area contributed by atoms with Crippen molar-refractivity contribution >= 4 is 18.0 Å². The molecule has 0 saturated carbocycles. The zero-order chi connectivity index (χ0) is 19.4. The van der Waals surface area contributed by atoms with E-state index in [1.165, 1.54) is 0 Å². The van der Waals surface area contributed by atoms with Crippen molar-refractivity contribution in [3.63, 3.8) is 0 Å². The number of hydrogen-bond donors (Lipinski definition) is 2. The van der Waals surface area contributed by atoms with Crippen molar-refractivity contribution in [3.8, 4) is 0 Å². The van der Waals surface area contributed by atoms with Crippen LogP contribution in [-0.2, 0) is 17.6 Å². The highest BCUT2D eigenvalue weighted by Gasteiger charge is 2.45. The summed E-state index contributed by atoms with van der Waals surface area (Å²) >= 11 is 0. The lowest BCUT2D eigenvalue weighted by Gasteiger charge is -2.26. The number of benzene rings is 2. The van der Waals surface area contributed by atoms with E-state index in [-0.39, 0.29) is 5.91 Å². The number of aliphatic carboxylic acids is 1. The quantitative estimate of drug-likeness (QED) is 0.810. The molecule has 0 aliphatic heterocycles. The second-order valence-corrected chi connectivity index (χ2v) is 7.19. The van der Waals surface area contributed by atoms with Crippen molar-refractivity contribution in [1.29, 1.82) is 0 Å². The van der Waals surface area contributed by atoms with E-state index in [9.17, 15) is 14.7 Å². The van der Waals surface area contributed by atoms with Gasteiger partial charge in [-0.1, -0.05) is 61.9 Å². The molecule has 140 valence electrons. The zero-order valence-corrected chi connectivity index (χ0v) is 15.8. The second-order valence-electron chi connectivity index (χ2n) is 7.19. The third kappa shape index (κ3) is 3.80. The normalized spacial score (nSPS) is 14.9. The molecule has 1 aliphatic carbocycles. The average Bonchev–Trinajstić information content (AvgIpc) is 3.02. The van der Waals surface area contributed by atoms with Gasteiger partial charge in [0.25, 0.3) is 5.91 Å². The van der Waals surface area contributed by atoms with Crippen LogP contribution in [0, 0.1) is 6.92 Å². The van der Waals surface area contributed by atoms with Gasteiger partial charge in [-0.25, -0.2) is 4.79 Å². The number of unbranched alkanes of at least 4 members (excludes halogenated alkanes) is 1. The topological polar surface area (TPSA) is 66.4 Å². The molecule has 27 heavy (non-hydrogen) atoms. The maximum Gasteiger partial charge on any atom is 0.330 e. The first-order valence-electron chi connectivity index (χ1n) is 9.35. The molecular formula is C23H25NO3. The van der Waals surface area contributed by atoms with Crippen LogP contribution in [0.25, 0.3) is 6.08 Å². The minimum atomic E-state index is -1.30. The maximum atomic E-state index is 13.1. The standard InChI is InChI=1S/C23H25NO3/c1-3-4-5-12-19-16(2)9-8-13-20(19)21(25)24-23(22(26)27)14-17-10-6-7-11-18(17)15-23/h5-13H,3-4,14-15H2,1-2H3,(H,24,25)(H,26,27)/b12-5-. The van der Waals surface area contributed by atoms with Crippen LogP contribution in [0.15, 0.2) is 48.5 Å². The van der Waals surface area contributed by atoms with E-state index < -0.39 is 11.5 Å². The highest BCUT2D eigenvalue weighted by molar-refractivity contribution is 6.01. The number of amides is 1. The largest absolute Gasteiger partial charge is 0.479 e. The number of hydrogen-bond acceptors (Lipinski definition) is 2. The Morgan fingerprint density at radius 3 is 2.37 bits per heavy atom. The van der Waals surface area contributed by atoms with E-state index in [1.807, 2.05) is 49.4 Å². The molecule has 3 rings (SSSR count). The van der Waals surface area contributed by atoms with E-state index >= 15 is 0 Å². The van der Waals surface area contributed by atoms with E-state index in [4.69, 9.17) is 0 Å². The number of carbonyl (C=O) groups excluding carboxylic acids is 1. The van der Waals surface area contributed by atoms with Crippen molar-refractivity contribution in [2.75, 3.05) is 0 Å². The molecule has 0 saturated heterocycles. The van der Waals surface area contributed by atoms with Gasteiger partial charge in [-0.15, -0.1) is 0 Å². The summed E-state index contributed by atoms with van der Waals surface area (Å²) in [6.07, 6.45) is 6.59. The third-order valence-corrected chi connectivity index (χ3v) is 5.17. The second kappa shape index (κ2) is 7.78. The van der Waals surface area contributed by atoms with Crippen LogP contribution in [-0.4, -0.2) is 22.5 Å². The highest BCUT2D eigenvalue weighted by Crippen LogP contribution is 2.31. The molecule has 0 bridgehead atoms. The smallest absolute Gasteiger partial charge is 0.330 e. The predicted octanol–water partition coefficient (Wildman–Crippen LogP) is 4.16. The first-order valence-corrected chi connectivity index (χ1v) is 9.35. The van der Waals surface area contributed by atoms with E-state index in [0.29, 0.717) is 18.4 Å². The molecule has 2 N–H and O–H groups in total. The Hall–Kier alpha value is -2.88. The molecule has 0 spiro atoms. The number of carboxylic acid groups (broad SMARTS) is 1. The first kappa shape index (κ1) is 18.9. The van der Waals surface area contributed by atoms with Crippen LogP contribution in [0.3, 0.4) is 0 Å². The molecular weight excluding hydrogens is 338 g/mol. The van der Waals surface area contributed by atoms with Gasteiger partial charge in [0.05, 0.1) is 0 Å². The van der Waals surface area contributed by atoms with Gasteiger partial charge in [-0.2, -0.15) is 0 Å². The zero-order valence-electron chi connectivity index (χ0n) is 15.8. The Morgan fingerprint density at radius 2 is 1.78 bits per heavy atom. The molecule has 2 aromatic rings. The molecule has 0 unspecified atom stereocenters. The Kier molecular flexibility index (Phi) is 5.45. The van der Waals surface area contributed by atoms with Gasteiger partial charge in [0.15, 0.2) is 0 Å². The molecule has 0 atom stereocenters. The van der Waals surface area contributed by atoms with Gasteiger partial charge < -0.3 is 10.4 Å². The van der Waals surface area contributed by atoms with Crippen molar-refractivity contribution in [2.24, 2.45) is 0 Å². The molecule has 4 nitrogen and oxygen atoms in total. The fourth-order valence-electron chi connectivity index (χ4n) is 3.66. The summed E-state index contributed by atoms with van der Waals surface area (Å²) in [5, 5.41) is 12.7. The fraction of sp³-hybridized carbons (Fsp3) is 0.304. The number of rotatable bonds is 6. The number of allylic oxidation sites excluding steroid dienone is 1. The predicted molar refractivity (Wildman–Crippen MR) is 107 cm³/mol. The van der Waals surface area contributed by atoms with Gasteiger partial charge in [-0.3, -0.25) is 4.79 Å². The minimum absolute atomic E-state index is 0.303. The lowest BCUT2D eigenvalue weighted by molar-refractivity contribution is -0.144. The molecule has 0 heterocycles. The summed E-state index contributed by atoms with van der Waals surface area (Å²) in [6.45, 7) is 4.06. The van der Waals surface area contributed by atoms with Crippen molar-refractivity contribution in [2.45, 2.75) is 45.1 Å². The average molecular weight is 363 g/mol. The van der Waals surface area contributed by atoms with E-state index in [0.717, 1.165) is 35.1 Å². The SMILES string of the molecule is CCC/C=C\c1c(C)cccc1C(=O)NC1(C(=O)O)Cc2ccccc2C1. The Morgan fingerprint density at radius 1 is 1.11 bits per heavy atom. The summed E-state index contributed by atoms with van der Waals surface area (Å²) in [5.74, 6) is -1.34. The number of aryl methyl sites for hydroxylation is 1. The van der Waals surface area contributed by atoms with Crippen LogP contribution < -0.4 is 5.32 Å². The number of nitrogens with one attached hydrogen (secondary N) is 1. The van der Waals surface area contributed by atoms with Crippen molar-refractivity contribution in [3.05, 3.63) is 76.4 Å². The summed E-state index contributed by atoms with van der Waals surface area (Å²) in [4.78, 5) is 25.2. The summed E-state index contributed by atoms with van der Waals surface area (Å²) in [5.41, 5.74) is 3.02. The van der Waals surface area contributed by atoms with Gasteiger partial charge >= 0.3 is 5.97 Å². The summed E-state index contributed by atoms with van der Waals surface area (Å²) in [6, 6.07) is 13.2. The number of fused-ring (bicyclic) bond motifs is 1. The molecule has 1 amide bonds. The molecule has 2 aromatic carbocycles. The lowest BCUT2D eigenvalue weighted by Crippen LogP contribution is -2.55. The fourth-order valence-corrected chi connectivity index (χ4v) is 3.66. The van der Waals surface area contributed by atoms with E-state index in [1.54, 1.807) is 6.07 Å². The van der Waals surface area contributed by atoms with Gasteiger partial charge in [0.2, 0.25) is 0 Å². The van der Waals surface area contributed by atoms with Gasteiger partial charge in [0, 0.05) is 18.4 Å². The van der Waals surface area contributed by atoms with Crippen LogP contribution in [0.2, 0.25) is 0 Å². The summed E-state index contributed by atoms with van der Waals surface area (Å²) in [7, 11) is 0. The van der Waals surface area contributed by atoms with Crippen molar-refractivity contribution < 1.29 is 14.7 Å². The summed E-state index contributed by atoms with van der Waals surface area (Å²) < 4.78 is 0. The molecule has 0 fully saturated rings. The van der Waals surface area contributed by atoms with Crippen molar-refractivity contribution in [1.82, 2.24) is 5.32 Å². The number of carbonyl (C=O) groups is 2. The van der Waals surface area contributed by atoms with Gasteiger partial charge in [0.1, 0.15) is 5.54 Å². The van der Waals surface area contributed by atoms with Crippen LogP contribution in [0.4, 0.5) is 0 Å².